The molecular weight excluding hydrogens is 346 g/mol. The van der Waals surface area contributed by atoms with E-state index >= 15 is 0 Å². The number of hydrogen-bond donors (Lipinski definition) is 1. The smallest absolute Gasteiger partial charge is 0.308 e. The van der Waals surface area contributed by atoms with Gasteiger partial charge in [-0.1, -0.05) is 49.3 Å². The quantitative estimate of drug-likeness (QED) is 0.642. The molecule has 2 rings (SSSR count). The number of aryl methyl sites for hydroxylation is 1. The highest BCUT2D eigenvalue weighted by Gasteiger charge is 2.19. The average molecular weight is 373 g/mol. The number of rotatable bonds is 10. The van der Waals surface area contributed by atoms with E-state index in [2.05, 4.69) is 15.5 Å². The first-order valence-corrected chi connectivity index (χ1v) is 9.32. The van der Waals surface area contributed by atoms with Crippen LogP contribution in [0.1, 0.15) is 69.3 Å². The lowest BCUT2D eigenvalue weighted by molar-refractivity contribution is -0.143. The van der Waals surface area contributed by atoms with Crippen LogP contribution in [0.4, 0.5) is 0 Å². The highest BCUT2D eigenvalue weighted by Crippen LogP contribution is 2.18. The van der Waals surface area contributed by atoms with E-state index in [-0.39, 0.29) is 24.2 Å². The summed E-state index contributed by atoms with van der Waals surface area (Å²) in [5.41, 5.74) is 0.873. The number of esters is 1. The number of nitrogens with zero attached hydrogens (tertiary/aromatic N) is 2. The molecule has 146 valence electrons. The molecule has 1 aromatic carbocycles. The first-order chi connectivity index (χ1) is 13.0. The fourth-order valence-electron chi connectivity index (χ4n) is 2.59. The predicted molar refractivity (Wildman–Crippen MR) is 99.9 cm³/mol. The molecule has 0 bridgehead atoms. The predicted octanol–water partition coefficient (Wildman–Crippen LogP) is 3.33. The zero-order valence-corrected chi connectivity index (χ0v) is 16.1. The van der Waals surface area contributed by atoms with E-state index in [1.54, 1.807) is 6.92 Å². The van der Waals surface area contributed by atoms with Crippen LogP contribution in [0.15, 0.2) is 34.9 Å². The van der Waals surface area contributed by atoms with E-state index < -0.39 is 6.04 Å². The largest absolute Gasteiger partial charge is 0.466 e. The molecule has 0 saturated heterocycles. The topological polar surface area (TPSA) is 94.3 Å². The van der Waals surface area contributed by atoms with Crippen LogP contribution in [-0.4, -0.2) is 28.6 Å². The molecule has 7 nitrogen and oxygen atoms in total. The minimum atomic E-state index is -0.409. The summed E-state index contributed by atoms with van der Waals surface area (Å²) in [5.74, 6) is 0.960. The summed E-state index contributed by atoms with van der Waals surface area (Å²) in [6, 6.07) is 9.01. The highest BCUT2D eigenvalue weighted by molar-refractivity contribution is 5.78. The van der Waals surface area contributed by atoms with Crippen LogP contribution in [0.25, 0.3) is 0 Å². The lowest BCUT2D eigenvalue weighted by Gasteiger charge is -2.18. The third-order valence-corrected chi connectivity index (χ3v) is 4.01. The van der Waals surface area contributed by atoms with Crippen molar-refractivity contribution in [3.8, 4) is 0 Å². The number of nitrogens with one attached hydrogen (secondary N) is 1. The normalized spacial score (nSPS) is 12.0. The van der Waals surface area contributed by atoms with Crippen molar-refractivity contribution in [2.45, 2.75) is 58.4 Å². The minimum Gasteiger partial charge on any atom is -0.466 e. The summed E-state index contributed by atoms with van der Waals surface area (Å²) >= 11 is 0. The summed E-state index contributed by atoms with van der Waals surface area (Å²) < 4.78 is 10.2. The molecule has 1 heterocycles. The zero-order chi connectivity index (χ0) is 19.6. The Balaban J connectivity index is 1.87. The van der Waals surface area contributed by atoms with Gasteiger partial charge in [-0.25, -0.2) is 0 Å². The molecule has 0 radical (unpaired) electrons. The molecule has 1 N–H and O–H groups in total. The number of carbonyl (C=O) groups excluding carboxylic acids is 2. The van der Waals surface area contributed by atoms with Crippen LogP contribution in [0.5, 0.6) is 0 Å². The number of benzene rings is 1. The fraction of sp³-hybridized carbons (Fsp3) is 0.500. The monoisotopic (exact) mass is 373 g/mol. The molecule has 0 saturated carbocycles. The van der Waals surface area contributed by atoms with Crippen LogP contribution >= 0.6 is 0 Å². The van der Waals surface area contributed by atoms with Crippen LogP contribution in [-0.2, 0) is 20.7 Å². The van der Waals surface area contributed by atoms with Gasteiger partial charge in [-0.2, -0.15) is 4.98 Å². The second kappa shape index (κ2) is 10.4. The van der Waals surface area contributed by atoms with E-state index in [9.17, 15) is 9.59 Å². The maximum atomic E-state index is 12.3. The zero-order valence-electron chi connectivity index (χ0n) is 16.1. The fourth-order valence-corrected chi connectivity index (χ4v) is 2.59. The summed E-state index contributed by atoms with van der Waals surface area (Å²) in [6.45, 7) is 6.07. The molecule has 1 aromatic heterocycles. The molecule has 7 heteroatoms. The molecule has 0 spiro atoms. The second-order valence-corrected chi connectivity index (χ2v) is 6.59. The molecule has 0 fully saturated rings. The summed E-state index contributed by atoms with van der Waals surface area (Å²) in [4.78, 5) is 28.5. The number of ether oxygens (including phenoxy) is 1. The van der Waals surface area contributed by atoms with Gasteiger partial charge >= 0.3 is 5.97 Å². The van der Waals surface area contributed by atoms with Crippen LogP contribution in [0.3, 0.4) is 0 Å². The third kappa shape index (κ3) is 6.84. The van der Waals surface area contributed by atoms with Gasteiger partial charge in [0.25, 0.3) is 0 Å². The number of carbonyl (C=O) groups is 2. The Morgan fingerprint density at radius 1 is 1.22 bits per heavy atom. The van der Waals surface area contributed by atoms with Gasteiger partial charge in [0.05, 0.1) is 19.1 Å². The van der Waals surface area contributed by atoms with E-state index in [0.29, 0.717) is 37.6 Å². The SMILES string of the molecule is CCOC(=O)CC(NC(=O)CCCc1nc(C(C)C)no1)c1ccccc1. The van der Waals surface area contributed by atoms with Gasteiger partial charge < -0.3 is 14.6 Å². The average Bonchev–Trinajstić information content (AvgIpc) is 3.11. The van der Waals surface area contributed by atoms with E-state index in [1.807, 2.05) is 44.2 Å². The van der Waals surface area contributed by atoms with Crippen molar-refractivity contribution in [3.63, 3.8) is 0 Å². The van der Waals surface area contributed by atoms with Crippen molar-refractivity contribution in [3.05, 3.63) is 47.6 Å². The maximum Gasteiger partial charge on any atom is 0.308 e. The lowest BCUT2D eigenvalue weighted by Crippen LogP contribution is -2.30. The van der Waals surface area contributed by atoms with Gasteiger partial charge in [0.15, 0.2) is 5.82 Å². The van der Waals surface area contributed by atoms with Crippen LogP contribution in [0.2, 0.25) is 0 Å². The standard InChI is InChI=1S/C20H27N3O4/c1-4-26-19(25)13-16(15-9-6-5-7-10-15)21-17(24)11-8-12-18-22-20(14(2)3)23-27-18/h5-7,9-10,14,16H,4,8,11-13H2,1-3H3,(H,21,24). The molecule has 0 aliphatic rings. The molecule has 2 aromatic rings. The maximum absolute atomic E-state index is 12.3. The Morgan fingerprint density at radius 3 is 2.59 bits per heavy atom. The molecule has 1 amide bonds. The second-order valence-electron chi connectivity index (χ2n) is 6.59. The molecular formula is C20H27N3O4. The number of hydrogen-bond acceptors (Lipinski definition) is 6. The first-order valence-electron chi connectivity index (χ1n) is 9.32. The summed E-state index contributed by atoms with van der Waals surface area (Å²) in [7, 11) is 0. The van der Waals surface area contributed by atoms with Crippen molar-refractivity contribution in [1.82, 2.24) is 15.5 Å². The summed E-state index contributed by atoms with van der Waals surface area (Å²) in [5, 5.41) is 6.84. The first kappa shape index (κ1) is 20.6. The van der Waals surface area contributed by atoms with Gasteiger partial charge in [0, 0.05) is 18.8 Å². The lowest BCUT2D eigenvalue weighted by atomic mass is 10.0. The Kier molecular flexibility index (Phi) is 7.98. The van der Waals surface area contributed by atoms with Crippen molar-refractivity contribution in [2.75, 3.05) is 6.61 Å². The molecule has 27 heavy (non-hydrogen) atoms. The van der Waals surface area contributed by atoms with Crippen LogP contribution in [0, 0.1) is 0 Å². The van der Waals surface area contributed by atoms with Gasteiger partial charge in [-0.3, -0.25) is 9.59 Å². The van der Waals surface area contributed by atoms with Crippen molar-refractivity contribution in [2.24, 2.45) is 0 Å². The van der Waals surface area contributed by atoms with Gasteiger partial charge in [-0.15, -0.1) is 0 Å². The van der Waals surface area contributed by atoms with E-state index in [4.69, 9.17) is 9.26 Å². The Hall–Kier alpha value is -2.70. The molecule has 0 aliphatic heterocycles. The highest BCUT2D eigenvalue weighted by atomic mass is 16.5. The van der Waals surface area contributed by atoms with Crippen LogP contribution < -0.4 is 5.32 Å². The summed E-state index contributed by atoms with van der Waals surface area (Å²) in [6.07, 6.45) is 1.55. The number of aromatic nitrogens is 2. The Labute approximate surface area is 159 Å². The molecule has 1 atom stereocenters. The minimum absolute atomic E-state index is 0.102. The van der Waals surface area contributed by atoms with Crippen molar-refractivity contribution in [1.29, 1.82) is 0 Å². The number of amides is 1. The van der Waals surface area contributed by atoms with E-state index in [1.165, 1.54) is 0 Å². The van der Waals surface area contributed by atoms with Gasteiger partial charge in [-0.05, 0) is 18.9 Å². The Bertz CT molecular complexity index is 728. The molecule has 0 aliphatic carbocycles. The van der Waals surface area contributed by atoms with Gasteiger partial charge in [0.2, 0.25) is 11.8 Å². The van der Waals surface area contributed by atoms with Crippen molar-refractivity contribution >= 4 is 11.9 Å². The molecule has 1 unspecified atom stereocenters. The van der Waals surface area contributed by atoms with E-state index in [0.717, 1.165) is 5.56 Å². The van der Waals surface area contributed by atoms with Crippen molar-refractivity contribution < 1.29 is 18.8 Å². The van der Waals surface area contributed by atoms with Gasteiger partial charge in [0.1, 0.15) is 0 Å². The third-order valence-electron chi connectivity index (χ3n) is 4.01. The Morgan fingerprint density at radius 2 is 1.96 bits per heavy atom.